The van der Waals surface area contributed by atoms with Crippen molar-refractivity contribution in [2.75, 3.05) is 6.79 Å². The lowest BCUT2D eigenvalue weighted by Crippen LogP contribution is -2.34. The minimum atomic E-state index is -0.609. The molecular weight excluding hydrogens is 390 g/mol. The summed E-state index contributed by atoms with van der Waals surface area (Å²) in [6.07, 6.45) is 0.148. The van der Waals surface area contributed by atoms with Crippen LogP contribution in [0, 0.1) is 5.92 Å². The van der Waals surface area contributed by atoms with E-state index in [1.165, 1.54) is 0 Å². The van der Waals surface area contributed by atoms with Crippen LogP contribution in [0.4, 0.5) is 0 Å². The summed E-state index contributed by atoms with van der Waals surface area (Å²) in [6, 6.07) is 7.41. The molecule has 1 heterocycles. The predicted molar refractivity (Wildman–Crippen MR) is 94.2 cm³/mol. The smallest absolute Gasteiger partial charge is 0.339 e. The molecule has 134 valence electrons. The topological polar surface area (TPSA) is 81.7 Å². The van der Waals surface area contributed by atoms with Crippen LogP contribution in [-0.2, 0) is 23.9 Å². The number of nitrogens with one attached hydrogen (secondary N) is 1. The van der Waals surface area contributed by atoms with E-state index in [-0.39, 0.29) is 18.2 Å². The summed E-state index contributed by atoms with van der Waals surface area (Å²) < 4.78 is 10.9. The van der Waals surface area contributed by atoms with Gasteiger partial charge in [-0.1, -0.05) is 41.9 Å². The van der Waals surface area contributed by atoms with Gasteiger partial charge < -0.3 is 14.8 Å². The van der Waals surface area contributed by atoms with Crippen LogP contribution in [0.15, 0.2) is 40.0 Å². The molecule has 1 atom stereocenters. The molecule has 1 amide bonds. The molecule has 0 spiro atoms. The molecule has 1 aromatic carbocycles. The second-order valence-corrected chi connectivity index (χ2v) is 6.98. The number of hydrogen-bond acceptors (Lipinski definition) is 5. The molecule has 0 fully saturated rings. The minimum Gasteiger partial charge on any atom is -0.428 e. The summed E-state index contributed by atoms with van der Waals surface area (Å²) in [5.41, 5.74) is 1.65. The molecule has 1 aliphatic heterocycles. The van der Waals surface area contributed by atoms with E-state index in [1.54, 1.807) is 20.8 Å². The van der Waals surface area contributed by atoms with Gasteiger partial charge in [-0.15, -0.1) is 0 Å². The number of rotatable bonds is 5. The number of allylic oxidation sites excluding steroid dienone is 1. The van der Waals surface area contributed by atoms with Crippen LogP contribution < -0.4 is 5.32 Å². The van der Waals surface area contributed by atoms with E-state index in [2.05, 4.69) is 21.2 Å². The normalized spacial score (nSPS) is 17.3. The van der Waals surface area contributed by atoms with Crippen LogP contribution >= 0.6 is 15.9 Å². The third-order valence-electron chi connectivity index (χ3n) is 3.82. The van der Waals surface area contributed by atoms with Crippen molar-refractivity contribution in [3.05, 3.63) is 45.6 Å². The summed E-state index contributed by atoms with van der Waals surface area (Å²) >= 11 is 3.37. The largest absolute Gasteiger partial charge is 0.428 e. The quantitative estimate of drug-likeness (QED) is 0.596. The van der Waals surface area contributed by atoms with Crippen LogP contribution in [0.2, 0.25) is 0 Å². The van der Waals surface area contributed by atoms with E-state index in [0.717, 1.165) is 10.0 Å². The Morgan fingerprint density at radius 3 is 2.48 bits per heavy atom. The fraction of sp³-hybridized carbons (Fsp3) is 0.389. The fourth-order valence-electron chi connectivity index (χ4n) is 2.54. The Labute approximate surface area is 154 Å². The molecule has 0 aliphatic carbocycles. The second-order valence-electron chi connectivity index (χ2n) is 6.06. The van der Waals surface area contributed by atoms with Gasteiger partial charge in [0.15, 0.2) is 0 Å². The van der Waals surface area contributed by atoms with Gasteiger partial charge in [0.25, 0.3) is 0 Å². The molecule has 25 heavy (non-hydrogen) atoms. The van der Waals surface area contributed by atoms with Gasteiger partial charge >= 0.3 is 11.9 Å². The molecule has 0 saturated carbocycles. The maximum Gasteiger partial charge on any atom is 0.339 e. The summed E-state index contributed by atoms with van der Waals surface area (Å²) in [5, 5.41) is 2.66. The SMILES string of the molecule is CC1=C(C(=O)OCOC(=O)C(C)C)[C@@H](c2ccc(Br)cc2)CC(=O)N1. The van der Waals surface area contributed by atoms with Crippen LogP contribution in [0.5, 0.6) is 0 Å². The molecule has 1 aliphatic rings. The van der Waals surface area contributed by atoms with Gasteiger partial charge in [-0.05, 0) is 24.6 Å². The highest BCUT2D eigenvalue weighted by molar-refractivity contribution is 9.10. The minimum absolute atomic E-state index is 0.148. The van der Waals surface area contributed by atoms with E-state index in [0.29, 0.717) is 11.3 Å². The van der Waals surface area contributed by atoms with E-state index in [4.69, 9.17) is 9.47 Å². The lowest BCUT2D eigenvalue weighted by Gasteiger charge is -2.26. The second kappa shape index (κ2) is 8.29. The first-order valence-corrected chi connectivity index (χ1v) is 8.68. The number of ether oxygens (including phenoxy) is 2. The lowest BCUT2D eigenvalue weighted by molar-refractivity contribution is -0.167. The number of esters is 2. The highest BCUT2D eigenvalue weighted by atomic mass is 79.9. The molecule has 0 saturated heterocycles. The molecule has 2 rings (SSSR count). The molecule has 0 aromatic heterocycles. The Balaban J connectivity index is 2.17. The van der Waals surface area contributed by atoms with Crippen molar-refractivity contribution >= 4 is 33.8 Å². The Hall–Kier alpha value is -2.15. The van der Waals surface area contributed by atoms with Crippen molar-refractivity contribution in [2.45, 2.75) is 33.1 Å². The Bertz CT molecular complexity index is 709. The average Bonchev–Trinajstić information content (AvgIpc) is 2.54. The molecule has 7 heteroatoms. The highest BCUT2D eigenvalue weighted by Gasteiger charge is 2.32. The van der Waals surface area contributed by atoms with Gasteiger partial charge in [0.2, 0.25) is 12.7 Å². The zero-order valence-corrected chi connectivity index (χ0v) is 15.9. The van der Waals surface area contributed by atoms with Gasteiger partial charge in [-0.25, -0.2) is 4.79 Å². The number of carbonyl (C=O) groups is 3. The summed E-state index contributed by atoms with van der Waals surface area (Å²) in [6.45, 7) is 4.58. The van der Waals surface area contributed by atoms with Crippen LogP contribution in [0.1, 0.15) is 38.7 Å². The number of halogens is 1. The van der Waals surface area contributed by atoms with E-state index in [9.17, 15) is 14.4 Å². The maximum absolute atomic E-state index is 12.5. The van der Waals surface area contributed by atoms with Crippen molar-refractivity contribution in [3.63, 3.8) is 0 Å². The Morgan fingerprint density at radius 2 is 1.88 bits per heavy atom. The molecule has 0 bridgehead atoms. The summed E-state index contributed by atoms with van der Waals surface area (Å²) in [7, 11) is 0. The first-order valence-electron chi connectivity index (χ1n) is 7.89. The third kappa shape index (κ3) is 4.92. The van der Waals surface area contributed by atoms with Crippen molar-refractivity contribution in [2.24, 2.45) is 5.92 Å². The van der Waals surface area contributed by atoms with Crippen molar-refractivity contribution in [1.29, 1.82) is 0 Å². The molecule has 1 N–H and O–H groups in total. The average molecular weight is 410 g/mol. The first kappa shape index (κ1) is 19.2. The third-order valence-corrected chi connectivity index (χ3v) is 4.35. The molecule has 0 radical (unpaired) electrons. The van der Waals surface area contributed by atoms with Crippen LogP contribution in [-0.4, -0.2) is 24.6 Å². The number of carbonyl (C=O) groups excluding carboxylic acids is 3. The first-order chi connectivity index (χ1) is 11.8. The lowest BCUT2D eigenvalue weighted by atomic mass is 9.84. The van der Waals surface area contributed by atoms with Crippen LogP contribution in [0.3, 0.4) is 0 Å². The fourth-order valence-corrected chi connectivity index (χ4v) is 2.80. The highest BCUT2D eigenvalue weighted by Crippen LogP contribution is 2.34. The summed E-state index contributed by atoms with van der Waals surface area (Å²) in [4.78, 5) is 35.8. The Kier molecular flexibility index (Phi) is 6.36. The zero-order valence-electron chi connectivity index (χ0n) is 14.3. The number of benzene rings is 1. The molecule has 0 unspecified atom stereocenters. The monoisotopic (exact) mass is 409 g/mol. The van der Waals surface area contributed by atoms with E-state index in [1.807, 2.05) is 24.3 Å². The Morgan fingerprint density at radius 1 is 1.24 bits per heavy atom. The maximum atomic E-state index is 12.5. The summed E-state index contributed by atoms with van der Waals surface area (Å²) in [5.74, 6) is -1.92. The van der Waals surface area contributed by atoms with Gasteiger partial charge in [0.05, 0.1) is 11.5 Å². The van der Waals surface area contributed by atoms with Gasteiger partial charge in [0.1, 0.15) is 0 Å². The van der Waals surface area contributed by atoms with E-state index < -0.39 is 24.6 Å². The number of amides is 1. The van der Waals surface area contributed by atoms with Crippen molar-refractivity contribution in [3.8, 4) is 0 Å². The molecule has 6 nitrogen and oxygen atoms in total. The number of hydrogen-bond donors (Lipinski definition) is 1. The van der Waals surface area contributed by atoms with Gasteiger partial charge in [-0.2, -0.15) is 0 Å². The zero-order chi connectivity index (χ0) is 18.6. The van der Waals surface area contributed by atoms with Crippen molar-refractivity contribution in [1.82, 2.24) is 5.32 Å². The predicted octanol–water partition coefficient (Wildman–Crippen LogP) is 3.03. The van der Waals surface area contributed by atoms with Crippen molar-refractivity contribution < 1.29 is 23.9 Å². The van der Waals surface area contributed by atoms with Gasteiger partial charge in [0, 0.05) is 22.5 Å². The standard InChI is InChI=1S/C18H20BrNO5/c1-10(2)17(22)24-9-25-18(23)16-11(3)20-15(21)8-14(16)12-4-6-13(19)7-5-12/h4-7,10,14H,8-9H2,1-3H3,(H,20,21)/t14-/m1/s1. The molecule has 1 aromatic rings. The van der Waals surface area contributed by atoms with Crippen LogP contribution in [0.25, 0.3) is 0 Å². The molecular formula is C18H20BrNO5. The van der Waals surface area contributed by atoms with Gasteiger partial charge in [-0.3, -0.25) is 9.59 Å². The van der Waals surface area contributed by atoms with E-state index >= 15 is 0 Å².